The lowest BCUT2D eigenvalue weighted by Crippen LogP contribution is -2.45. The van der Waals surface area contributed by atoms with Crippen LogP contribution in [-0.2, 0) is 18.4 Å². The zero-order chi connectivity index (χ0) is 44.3. The average molecular weight is 865 g/mol. The molecule has 0 fully saturated rings. The van der Waals surface area contributed by atoms with Gasteiger partial charge in [-0.05, 0) is 57.8 Å². The van der Waals surface area contributed by atoms with Crippen LogP contribution in [0.3, 0.4) is 0 Å². The molecule has 0 aliphatic rings. The van der Waals surface area contributed by atoms with Crippen molar-refractivity contribution in [3.63, 3.8) is 0 Å². The van der Waals surface area contributed by atoms with Gasteiger partial charge in [0.2, 0.25) is 5.91 Å². The van der Waals surface area contributed by atoms with Crippen molar-refractivity contribution in [2.45, 2.75) is 231 Å². The van der Waals surface area contributed by atoms with Gasteiger partial charge < -0.3 is 28.8 Å². The first-order chi connectivity index (χ1) is 29.0. The third kappa shape index (κ3) is 44.5. The first kappa shape index (κ1) is 58.5. The number of amides is 1. The zero-order valence-corrected chi connectivity index (χ0v) is 40.8. The van der Waals surface area contributed by atoms with Gasteiger partial charge >= 0.3 is 0 Å². The number of allylic oxidation sites excluding steroid dienone is 7. The Bertz CT molecular complexity index is 1120. The van der Waals surface area contributed by atoms with Gasteiger partial charge in [0.15, 0.2) is 0 Å². The molecule has 0 saturated heterocycles. The highest BCUT2D eigenvalue weighted by molar-refractivity contribution is 7.45. The van der Waals surface area contributed by atoms with Crippen LogP contribution >= 0.6 is 7.82 Å². The summed E-state index contributed by atoms with van der Waals surface area (Å²) in [7, 11) is 1.23. The van der Waals surface area contributed by atoms with Crippen molar-refractivity contribution in [3.05, 3.63) is 48.6 Å². The number of carbonyl (C=O) groups is 1. The minimum Gasteiger partial charge on any atom is -0.756 e. The van der Waals surface area contributed by atoms with E-state index in [4.69, 9.17) is 9.05 Å². The molecule has 0 aromatic heterocycles. The molecule has 0 spiro atoms. The van der Waals surface area contributed by atoms with Gasteiger partial charge in [-0.1, -0.05) is 204 Å². The molecule has 3 unspecified atom stereocenters. The van der Waals surface area contributed by atoms with E-state index in [1.807, 2.05) is 27.2 Å². The molecular formula is C51H97N2O6P. The number of aliphatic hydroxyl groups excluding tert-OH is 1. The van der Waals surface area contributed by atoms with E-state index in [0.29, 0.717) is 17.4 Å². The molecule has 352 valence electrons. The highest BCUT2D eigenvalue weighted by atomic mass is 31.2. The van der Waals surface area contributed by atoms with Gasteiger partial charge in [-0.3, -0.25) is 9.36 Å². The van der Waals surface area contributed by atoms with Crippen molar-refractivity contribution >= 4 is 13.7 Å². The lowest BCUT2D eigenvalue weighted by molar-refractivity contribution is -0.870. The van der Waals surface area contributed by atoms with E-state index in [2.05, 4.69) is 55.6 Å². The lowest BCUT2D eigenvalue weighted by Gasteiger charge is -2.29. The Kier molecular flexibility index (Phi) is 41.6. The van der Waals surface area contributed by atoms with Crippen molar-refractivity contribution in [2.75, 3.05) is 40.9 Å². The number of nitrogens with one attached hydrogen (secondary N) is 1. The monoisotopic (exact) mass is 865 g/mol. The van der Waals surface area contributed by atoms with Gasteiger partial charge in [-0.2, -0.15) is 0 Å². The van der Waals surface area contributed by atoms with E-state index in [1.165, 1.54) is 135 Å². The molecule has 0 heterocycles. The number of rotatable bonds is 45. The van der Waals surface area contributed by atoms with E-state index >= 15 is 0 Å². The lowest BCUT2D eigenvalue weighted by atomic mass is 10.0. The molecule has 0 rings (SSSR count). The van der Waals surface area contributed by atoms with Crippen molar-refractivity contribution in [2.24, 2.45) is 0 Å². The van der Waals surface area contributed by atoms with Gasteiger partial charge in [-0.15, -0.1) is 0 Å². The van der Waals surface area contributed by atoms with E-state index < -0.39 is 26.6 Å². The molecule has 1 amide bonds. The number of quaternary nitrogens is 1. The van der Waals surface area contributed by atoms with Crippen LogP contribution in [0.15, 0.2) is 48.6 Å². The summed E-state index contributed by atoms with van der Waals surface area (Å²) in [5.41, 5.74) is 0. The largest absolute Gasteiger partial charge is 0.756 e. The first-order valence-corrected chi connectivity index (χ1v) is 26.5. The fourth-order valence-electron chi connectivity index (χ4n) is 7.01. The van der Waals surface area contributed by atoms with Gasteiger partial charge in [-0.25, -0.2) is 0 Å². The standard InChI is InChI=1S/C51H97N2O6P/c1-6-8-10-12-14-16-18-20-22-23-24-25-26-27-28-29-30-31-32-34-36-38-40-42-44-50(54)49(48-59-60(56,57)58-47-46-53(3,4)5)52-51(55)45-43-41-39-37-35-33-21-19-17-15-13-11-9-7-2/h13,15,19,21,34,36,42,44,49-50,54H,6-12,14,16-18,20,22-33,35,37-41,43,45-48H2,1-5H3,(H-,52,55,56,57)/b15-13-,21-19-,36-34+,44-42+. The Morgan fingerprint density at radius 1 is 0.583 bits per heavy atom. The highest BCUT2D eigenvalue weighted by Crippen LogP contribution is 2.38. The van der Waals surface area contributed by atoms with E-state index in [1.54, 1.807) is 6.08 Å². The molecule has 9 heteroatoms. The summed E-state index contributed by atoms with van der Waals surface area (Å²) >= 11 is 0. The molecule has 0 aromatic rings. The Morgan fingerprint density at radius 2 is 1.00 bits per heavy atom. The molecule has 0 bridgehead atoms. The maximum absolute atomic E-state index is 12.9. The number of hydrogen-bond donors (Lipinski definition) is 2. The van der Waals surface area contributed by atoms with Gasteiger partial charge in [0, 0.05) is 6.42 Å². The second-order valence-electron chi connectivity index (χ2n) is 18.2. The number of unbranched alkanes of at least 4 members (excludes halogenated alkanes) is 26. The van der Waals surface area contributed by atoms with Crippen molar-refractivity contribution in [3.8, 4) is 0 Å². The molecule has 0 aliphatic carbocycles. The molecule has 3 atom stereocenters. The molecular weight excluding hydrogens is 768 g/mol. The number of phosphoric ester groups is 1. The quantitative estimate of drug-likeness (QED) is 0.0273. The molecule has 60 heavy (non-hydrogen) atoms. The molecule has 0 aliphatic heterocycles. The maximum atomic E-state index is 12.9. The molecule has 0 radical (unpaired) electrons. The highest BCUT2D eigenvalue weighted by Gasteiger charge is 2.23. The normalized spacial score (nSPS) is 14.6. The van der Waals surface area contributed by atoms with Crippen LogP contribution < -0.4 is 10.2 Å². The smallest absolute Gasteiger partial charge is 0.268 e. The van der Waals surface area contributed by atoms with Crippen LogP contribution in [-0.4, -0.2) is 68.5 Å². The van der Waals surface area contributed by atoms with Crippen molar-refractivity contribution in [1.82, 2.24) is 5.32 Å². The van der Waals surface area contributed by atoms with Crippen LogP contribution in [0, 0.1) is 0 Å². The predicted octanol–water partition coefficient (Wildman–Crippen LogP) is 13.8. The SMILES string of the molecule is CCCC/C=C\C/C=C\CCCCCCCC(=O)NC(COP(=O)([O-])OCC[N+](C)(C)C)C(O)/C=C/CC/C=C/CCCCCCCCCCCCCCCCCCCC. The van der Waals surface area contributed by atoms with Crippen LogP contribution in [0.25, 0.3) is 0 Å². The molecule has 0 aromatic carbocycles. The van der Waals surface area contributed by atoms with E-state index in [0.717, 1.165) is 64.2 Å². The minimum absolute atomic E-state index is 0.0103. The first-order valence-electron chi connectivity index (χ1n) is 25.0. The van der Waals surface area contributed by atoms with Crippen LogP contribution in [0.5, 0.6) is 0 Å². The fourth-order valence-corrected chi connectivity index (χ4v) is 7.73. The number of phosphoric acid groups is 1. The van der Waals surface area contributed by atoms with Crippen LogP contribution in [0.4, 0.5) is 0 Å². The van der Waals surface area contributed by atoms with E-state index in [-0.39, 0.29) is 12.5 Å². The number of aliphatic hydroxyl groups is 1. The number of hydrogen-bond acceptors (Lipinski definition) is 6. The summed E-state index contributed by atoms with van der Waals surface area (Å²) in [6.07, 6.45) is 54.6. The summed E-state index contributed by atoms with van der Waals surface area (Å²) in [6.45, 7) is 4.58. The second-order valence-corrected chi connectivity index (χ2v) is 19.6. The molecule has 8 nitrogen and oxygen atoms in total. The summed E-state index contributed by atoms with van der Waals surface area (Å²) in [4.78, 5) is 25.3. The average Bonchev–Trinajstić information content (AvgIpc) is 3.20. The minimum atomic E-state index is -4.60. The van der Waals surface area contributed by atoms with Crippen LogP contribution in [0.2, 0.25) is 0 Å². The summed E-state index contributed by atoms with van der Waals surface area (Å²) in [5, 5.41) is 13.8. The van der Waals surface area contributed by atoms with Gasteiger partial charge in [0.25, 0.3) is 7.82 Å². The van der Waals surface area contributed by atoms with Crippen molar-refractivity contribution < 1.29 is 32.9 Å². The Hall–Kier alpha value is -1.54. The predicted molar refractivity (Wildman–Crippen MR) is 256 cm³/mol. The Labute approximate surface area is 371 Å². The summed E-state index contributed by atoms with van der Waals surface area (Å²) < 4.78 is 23.2. The number of likely N-dealkylation sites (N-methyl/N-ethyl adjacent to an activating group) is 1. The Morgan fingerprint density at radius 3 is 1.50 bits per heavy atom. The van der Waals surface area contributed by atoms with Crippen LogP contribution in [0.1, 0.15) is 219 Å². The van der Waals surface area contributed by atoms with E-state index in [9.17, 15) is 19.4 Å². The van der Waals surface area contributed by atoms with Gasteiger partial charge in [0.1, 0.15) is 13.2 Å². The molecule has 0 saturated carbocycles. The van der Waals surface area contributed by atoms with Crippen molar-refractivity contribution in [1.29, 1.82) is 0 Å². The Balaban J connectivity index is 4.34. The third-order valence-corrected chi connectivity index (χ3v) is 12.0. The summed E-state index contributed by atoms with van der Waals surface area (Å²) in [5.74, 6) is -0.222. The number of carbonyl (C=O) groups excluding carboxylic acids is 1. The topological polar surface area (TPSA) is 108 Å². The molecule has 2 N–H and O–H groups in total. The summed E-state index contributed by atoms with van der Waals surface area (Å²) in [6, 6.07) is -0.911. The maximum Gasteiger partial charge on any atom is 0.268 e. The zero-order valence-electron chi connectivity index (χ0n) is 39.9. The number of nitrogens with zero attached hydrogens (tertiary/aromatic N) is 1. The third-order valence-electron chi connectivity index (χ3n) is 11.0. The van der Waals surface area contributed by atoms with Gasteiger partial charge in [0.05, 0.1) is 39.9 Å². The second kappa shape index (κ2) is 42.7. The fraction of sp³-hybridized carbons (Fsp3) is 0.824.